The average molecular weight is 360 g/mol. The molecule has 0 spiro atoms. The fourth-order valence-corrected chi connectivity index (χ4v) is 2.59. The maximum atomic E-state index is 12.3. The van der Waals surface area contributed by atoms with Gasteiger partial charge in [-0.15, -0.1) is 0 Å². The SMILES string of the molecule is COc1ccc(N)c(NC(=O)CCc2ccc(OC)c(OC)c2OC)c1. The van der Waals surface area contributed by atoms with Crippen LogP contribution in [0.25, 0.3) is 0 Å². The van der Waals surface area contributed by atoms with Crippen LogP contribution in [0.3, 0.4) is 0 Å². The van der Waals surface area contributed by atoms with Gasteiger partial charge in [-0.1, -0.05) is 6.07 Å². The molecule has 0 atom stereocenters. The first kappa shape index (κ1) is 19.2. The van der Waals surface area contributed by atoms with Gasteiger partial charge in [0, 0.05) is 12.5 Å². The van der Waals surface area contributed by atoms with Crippen molar-refractivity contribution in [2.24, 2.45) is 0 Å². The molecule has 0 aliphatic rings. The zero-order valence-corrected chi connectivity index (χ0v) is 15.4. The summed E-state index contributed by atoms with van der Waals surface area (Å²) in [6, 6.07) is 8.75. The molecule has 0 saturated heterocycles. The molecule has 0 unspecified atom stereocenters. The lowest BCUT2D eigenvalue weighted by molar-refractivity contribution is -0.116. The number of rotatable bonds is 8. The largest absolute Gasteiger partial charge is 0.497 e. The summed E-state index contributed by atoms with van der Waals surface area (Å²) in [6.45, 7) is 0. The van der Waals surface area contributed by atoms with E-state index in [1.807, 2.05) is 6.07 Å². The summed E-state index contributed by atoms with van der Waals surface area (Å²) in [5.74, 6) is 2.09. The Morgan fingerprint density at radius 1 is 0.962 bits per heavy atom. The molecule has 0 heterocycles. The summed E-state index contributed by atoms with van der Waals surface area (Å²) in [7, 11) is 6.21. The number of nitrogens with one attached hydrogen (secondary N) is 1. The van der Waals surface area contributed by atoms with Gasteiger partial charge in [-0.25, -0.2) is 0 Å². The van der Waals surface area contributed by atoms with Crippen molar-refractivity contribution >= 4 is 17.3 Å². The van der Waals surface area contributed by atoms with Crippen molar-refractivity contribution in [2.75, 3.05) is 39.5 Å². The summed E-state index contributed by atoms with van der Waals surface area (Å²) in [5, 5.41) is 2.80. The number of amides is 1. The quantitative estimate of drug-likeness (QED) is 0.703. The highest BCUT2D eigenvalue weighted by Gasteiger charge is 2.16. The van der Waals surface area contributed by atoms with Crippen molar-refractivity contribution < 1.29 is 23.7 Å². The van der Waals surface area contributed by atoms with Gasteiger partial charge in [-0.2, -0.15) is 0 Å². The summed E-state index contributed by atoms with van der Waals surface area (Å²) in [4.78, 5) is 12.3. The molecule has 1 amide bonds. The number of carbonyl (C=O) groups is 1. The first-order valence-corrected chi connectivity index (χ1v) is 8.05. The number of benzene rings is 2. The van der Waals surface area contributed by atoms with E-state index >= 15 is 0 Å². The minimum atomic E-state index is -0.165. The van der Waals surface area contributed by atoms with E-state index in [9.17, 15) is 4.79 Å². The number of aryl methyl sites for hydroxylation is 1. The molecule has 3 N–H and O–H groups in total. The second kappa shape index (κ2) is 8.84. The first-order valence-electron chi connectivity index (χ1n) is 8.05. The predicted octanol–water partition coefficient (Wildman–Crippen LogP) is 2.87. The smallest absolute Gasteiger partial charge is 0.224 e. The second-order valence-electron chi connectivity index (χ2n) is 5.49. The molecule has 0 aliphatic carbocycles. The third kappa shape index (κ3) is 4.30. The third-order valence-electron chi connectivity index (χ3n) is 3.94. The van der Waals surface area contributed by atoms with Crippen LogP contribution in [0.15, 0.2) is 30.3 Å². The molecule has 7 nitrogen and oxygen atoms in total. The Morgan fingerprint density at radius 2 is 1.69 bits per heavy atom. The van der Waals surface area contributed by atoms with E-state index in [2.05, 4.69) is 5.32 Å². The molecule has 2 aromatic rings. The van der Waals surface area contributed by atoms with Crippen molar-refractivity contribution in [2.45, 2.75) is 12.8 Å². The highest BCUT2D eigenvalue weighted by atomic mass is 16.5. The topological polar surface area (TPSA) is 92.0 Å². The molecule has 7 heteroatoms. The maximum Gasteiger partial charge on any atom is 0.224 e. The van der Waals surface area contributed by atoms with Crippen LogP contribution in [0.1, 0.15) is 12.0 Å². The van der Waals surface area contributed by atoms with Gasteiger partial charge >= 0.3 is 0 Å². The van der Waals surface area contributed by atoms with Crippen LogP contribution in [-0.2, 0) is 11.2 Å². The highest BCUT2D eigenvalue weighted by molar-refractivity contribution is 5.94. The minimum Gasteiger partial charge on any atom is -0.497 e. The summed E-state index contributed by atoms with van der Waals surface area (Å²) >= 11 is 0. The zero-order valence-electron chi connectivity index (χ0n) is 15.4. The van der Waals surface area contributed by atoms with Gasteiger partial charge in [0.05, 0.1) is 39.8 Å². The molecule has 0 aromatic heterocycles. The minimum absolute atomic E-state index is 0.165. The first-order chi connectivity index (χ1) is 12.5. The Kier molecular flexibility index (Phi) is 6.54. The lowest BCUT2D eigenvalue weighted by atomic mass is 10.1. The second-order valence-corrected chi connectivity index (χ2v) is 5.49. The van der Waals surface area contributed by atoms with Crippen molar-refractivity contribution in [3.05, 3.63) is 35.9 Å². The van der Waals surface area contributed by atoms with Crippen LogP contribution in [0, 0.1) is 0 Å². The normalized spacial score (nSPS) is 10.2. The van der Waals surface area contributed by atoms with Gasteiger partial charge in [-0.3, -0.25) is 4.79 Å². The average Bonchev–Trinajstić information content (AvgIpc) is 2.66. The molecule has 2 aromatic carbocycles. The molecule has 0 aliphatic heterocycles. The van der Waals surface area contributed by atoms with E-state index in [-0.39, 0.29) is 12.3 Å². The molecular weight excluding hydrogens is 336 g/mol. The van der Waals surface area contributed by atoms with Gasteiger partial charge in [0.15, 0.2) is 11.5 Å². The molecule has 0 fully saturated rings. The number of nitrogen functional groups attached to an aromatic ring is 1. The molecule has 0 saturated carbocycles. The Bertz CT molecular complexity index is 777. The van der Waals surface area contributed by atoms with Crippen molar-refractivity contribution in [3.8, 4) is 23.0 Å². The van der Waals surface area contributed by atoms with E-state index in [0.29, 0.717) is 40.8 Å². The van der Waals surface area contributed by atoms with Crippen LogP contribution in [0.5, 0.6) is 23.0 Å². The molecular formula is C19H24N2O5. The zero-order chi connectivity index (χ0) is 19.1. The Balaban J connectivity index is 2.10. The summed E-state index contributed by atoms with van der Waals surface area (Å²) < 4.78 is 21.2. The van der Waals surface area contributed by atoms with Crippen LogP contribution in [0.2, 0.25) is 0 Å². The van der Waals surface area contributed by atoms with Gasteiger partial charge < -0.3 is 30.0 Å². The van der Waals surface area contributed by atoms with Crippen molar-refractivity contribution in [1.29, 1.82) is 0 Å². The molecule has 140 valence electrons. The summed E-state index contributed by atoms with van der Waals surface area (Å²) in [6.07, 6.45) is 0.724. The van der Waals surface area contributed by atoms with E-state index in [0.717, 1.165) is 5.56 Å². The van der Waals surface area contributed by atoms with Gasteiger partial charge in [0.1, 0.15) is 5.75 Å². The Morgan fingerprint density at radius 3 is 2.31 bits per heavy atom. The molecule has 2 rings (SSSR count). The van der Waals surface area contributed by atoms with Crippen molar-refractivity contribution in [1.82, 2.24) is 0 Å². The van der Waals surface area contributed by atoms with Gasteiger partial charge in [-0.05, 0) is 30.2 Å². The molecule has 26 heavy (non-hydrogen) atoms. The lowest BCUT2D eigenvalue weighted by Gasteiger charge is -2.16. The monoisotopic (exact) mass is 360 g/mol. The van der Waals surface area contributed by atoms with E-state index in [4.69, 9.17) is 24.7 Å². The van der Waals surface area contributed by atoms with E-state index in [1.165, 1.54) is 0 Å². The van der Waals surface area contributed by atoms with Crippen LogP contribution >= 0.6 is 0 Å². The Labute approximate surface area is 153 Å². The number of ether oxygens (including phenoxy) is 4. The number of hydrogen-bond donors (Lipinski definition) is 2. The standard InChI is InChI=1S/C19H24N2O5/c1-23-13-7-8-14(20)15(11-13)21-17(22)10-6-12-5-9-16(24-2)19(26-4)18(12)25-3/h5,7-9,11H,6,10,20H2,1-4H3,(H,21,22). The number of hydrogen-bond acceptors (Lipinski definition) is 6. The van der Waals surface area contributed by atoms with E-state index < -0.39 is 0 Å². The number of carbonyl (C=O) groups excluding carboxylic acids is 1. The van der Waals surface area contributed by atoms with Gasteiger partial charge in [0.25, 0.3) is 0 Å². The molecule has 0 bridgehead atoms. The van der Waals surface area contributed by atoms with Crippen LogP contribution in [0.4, 0.5) is 11.4 Å². The van der Waals surface area contributed by atoms with Crippen LogP contribution < -0.4 is 30.0 Å². The third-order valence-corrected chi connectivity index (χ3v) is 3.94. The fraction of sp³-hybridized carbons (Fsp3) is 0.316. The maximum absolute atomic E-state index is 12.3. The molecule has 0 radical (unpaired) electrons. The number of methoxy groups -OCH3 is 4. The predicted molar refractivity (Wildman–Crippen MR) is 100 cm³/mol. The highest BCUT2D eigenvalue weighted by Crippen LogP contribution is 2.40. The van der Waals surface area contributed by atoms with Crippen molar-refractivity contribution in [3.63, 3.8) is 0 Å². The van der Waals surface area contributed by atoms with Crippen LogP contribution in [-0.4, -0.2) is 34.3 Å². The fourth-order valence-electron chi connectivity index (χ4n) is 2.59. The Hall–Kier alpha value is -3.09. The number of nitrogens with two attached hydrogens (primary N) is 1. The van der Waals surface area contributed by atoms with E-state index in [1.54, 1.807) is 52.7 Å². The van der Waals surface area contributed by atoms with Gasteiger partial charge in [0.2, 0.25) is 11.7 Å². The lowest BCUT2D eigenvalue weighted by Crippen LogP contribution is -2.14. The number of anilines is 2. The summed E-state index contributed by atoms with van der Waals surface area (Å²) in [5.41, 5.74) is 7.74.